The Morgan fingerprint density at radius 2 is 2.00 bits per heavy atom. The van der Waals surface area contributed by atoms with Crippen LogP contribution in [-0.4, -0.2) is 36.2 Å². The van der Waals surface area contributed by atoms with Crippen molar-refractivity contribution < 1.29 is 19.4 Å². The van der Waals surface area contributed by atoms with Gasteiger partial charge in [-0.25, -0.2) is 0 Å². The van der Waals surface area contributed by atoms with E-state index in [0.717, 1.165) is 0 Å². The summed E-state index contributed by atoms with van der Waals surface area (Å²) in [5.74, 6) is -1.07. The van der Waals surface area contributed by atoms with E-state index in [1.807, 2.05) is 0 Å². The first-order valence-corrected chi connectivity index (χ1v) is 4.52. The van der Waals surface area contributed by atoms with Crippen LogP contribution in [0, 0.1) is 0 Å². The molecule has 5 nitrogen and oxygen atoms in total. The molecule has 82 valence electrons. The molecule has 0 aliphatic heterocycles. The predicted molar refractivity (Wildman–Crippen MR) is 50.9 cm³/mol. The highest BCUT2D eigenvalue weighted by atomic mass is 16.5. The number of aliphatic carboxylic acids is 1. The van der Waals surface area contributed by atoms with Crippen LogP contribution in [-0.2, 0) is 14.3 Å². The number of amides is 1. The molecule has 0 saturated carbocycles. The molecule has 0 heterocycles. The van der Waals surface area contributed by atoms with Gasteiger partial charge in [-0.05, 0) is 20.3 Å². The predicted octanol–water partition coefficient (Wildman–Crippen LogP) is 0.391. The van der Waals surface area contributed by atoms with Gasteiger partial charge in [0.2, 0.25) is 5.91 Å². The molecule has 0 radical (unpaired) electrons. The number of nitrogens with one attached hydrogen (secondary N) is 1. The molecule has 0 rings (SSSR count). The molecule has 2 unspecified atom stereocenters. The van der Waals surface area contributed by atoms with E-state index in [4.69, 9.17) is 9.84 Å². The van der Waals surface area contributed by atoms with Gasteiger partial charge in [0.25, 0.3) is 0 Å². The molecule has 2 atom stereocenters. The summed E-state index contributed by atoms with van der Waals surface area (Å²) < 4.78 is 4.81. The summed E-state index contributed by atoms with van der Waals surface area (Å²) in [4.78, 5) is 21.5. The van der Waals surface area contributed by atoms with E-state index in [1.54, 1.807) is 13.8 Å². The van der Waals surface area contributed by atoms with E-state index in [2.05, 4.69) is 5.32 Å². The average molecular weight is 203 g/mol. The third-order valence-electron chi connectivity index (χ3n) is 1.90. The Morgan fingerprint density at radius 1 is 1.43 bits per heavy atom. The lowest BCUT2D eigenvalue weighted by atomic mass is 10.2. The van der Waals surface area contributed by atoms with Crippen LogP contribution in [0.15, 0.2) is 0 Å². The molecule has 0 fully saturated rings. The van der Waals surface area contributed by atoms with E-state index in [-0.39, 0.29) is 18.4 Å². The molecule has 0 aromatic carbocycles. The zero-order valence-electron chi connectivity index (χ0n) is 8.74. The van der Waals surface area contributed by atoms with Gasteiger partial charge in [0, 0.05) is 19.6 Å². The molecule has 0 saturated heterocycles. The Bertz CT molecular complexity index is 205. The lowest BCUT2D eigenvalue weighted by Crippen LogP contribution is -2.39. The average Bonchev–Trinajstić information content (AvgIpc) is 2.13. The van der Waals surface area contributed by atoms with E-state index >= 15 is 0 Å². The van der Waals surface area contributed by atoms with Crippen molar-refractivity contribution in [1.29, 1.82) is 0 Å². The highest BCUT2D eigenvalue weighted by Gasteiger charge is 2.14. The number of carbonyl (C=O) groups is 2. The lowest BCUT2D eigenvalue weighted by molar-refractivity contribution is -0.137. The Balaban J connectivity index is 3.76. The molecule has 0 bridgehead atoms. The van der Waals surface area contributed by atoms with Crippen LogP contribution in [0.3, 0.4) is 0 Å². The fraction of sp³-hybridized carbons (Fsp3) is 0.778. The van der Waals surface area contributed by atoms with Crippen molar-refractivity contribution in [2.75, 3.05) is 7.11 Å². The van der Waals surface area contributed by atoms with Crippen LogP contribution in [0.4, 0.5) is 0 Å². The quantitative estimate of drug-likeness (QED) is 0.654. The zero-order valence-corrected chi connectivity index (χ0v) is 8.74. The molecule has 5 heteroatoms. The summed E-state index contributed by atoms with van der Waals surface area (Å²) in [6.07, 6.45) is -0.0115. The van der Waals surface area contributed by atoms with Gasteiger partial charge < -0.3 is 15.2 Å². The van der Waals surface area contributed by atoms with Crippen molar-refractivity contribution in [2.24, 2.45) is 0 Å². The van der Waals surface area contributed by atoms with Gasteiger partial charge >= 0.3 is 5.97 Å². The standard InChI is InChI=1S/C9H17NO4/c1-6(4-5-8(11)12)10-9(13)7(2)14-3/h6-7H,4-5H2,1-3H3,(H,10,13)(H,11,12). The second kappa shape index (κ2) is 6.37. The van der Waals surface area contributed by atoms with Crippen LogP contribution in [0.25, 0.3) is 0 Å². The second-order valence-corrected chi connectivity index (χ2v) is 3.22. The van der Waals surface area contributed by atoms with Gasteiger partial charge in [0.05, 0.1) is 0 Å². The molecule has 14 heavy (non-hydrogen) atoms. The highest BCUT2D eigenvalue weighted by Crippen LogP contribution is 1.97. The van der Waals surface area contributed by atoms with Crippen molar-refractivity contribution in [3.05, 3.63) is 0 Å². The smallest absolute Gasteiger partial charge is 0.303 e. The number of carboxylic acid groups (broad SMARTS) is 1. The van der Waals surface area contributed by atoms with Gasteiger partial charge in [0.1, 0.15) is 6.10 Å². The fourth-order valence-corrected chi connectivity index (χ4v) is 0.879. The minimum atomic E-state index is -0.856. The van der Waals surface area contributed by atoms with Crippen LogP contribution in [0.1, 0.15) is 26.7 Å². The summed E-state index contributed by atoms with van der Waals surface area (Å²) in [5, 5.41) is 11.1. The number of carbonyl (C=O) groups excluding carboxylic acids is 1. The summed E-state index contributed by atoms with van der Waals surface area (Å²) >= 11 is 0. The van der Waals surface area contributed by atoms with E-state index in [9.17, 15) is 9.59 Å². The number of rotatable bonds is 6. The minimum Gasteiger partial charge on any atom is -0.481 e. The Labute approximate surface area is 83.4 Å². The third kappa shape index (κ3) is 5.53. The van der Waals surface area contributed by atoms with Crippen LogP contribution in [0.5, 0.6) is 0 Å². The summed E-state index contributed by atoms with van der Waals surface area (Å²) in [7, 11) is 1.45. The minimum absolute atomic E-state index is 0.0583. The van der Waals surface area contributed by atoms with Crippen LogP contribution in [0.2, 0.25) is 0 Å². The highest BCUT2D eigenvalue weighted by molar-refractivity contribution is 5.80. The van der Waals surface area contributed by atoms with E-state index in [1.165, 1.54) is 7.11 Å². The van der Waals surface area contributed by atoms with E-state index < -0.39 is 12.1 Å². The number of carboxylic acids is 1. The van der Waals surface area contributed by atoms with Crippen molar-refractivity contribution in [1.82, 2.24) is 5.32 Å². The monoisotopic (exact) mass is 203 g/mol. The van der Waals surface area contributed by atoms with Gasteiger partial charge in [-0.1, -0.05) is 0 Å². The first kappa shape index (κ1) is 12.9. The number of hydrogen-bond acceptors (Lipinski definition) is 3. The molecule has 1 amide bonds. The van der Waals surface area contributed by atoms with Crippen LogP contribution < -0.4 is 5.32 Å². The van der Waals surface area contributed by atoms with Crippen molar-refractivity contribution in [3.8, 4) is 0 Å². The maximum absolute atomic E-state index is 11.2. The molecule has 0 aromatic heterocycles. The first-order valence-electron chi connectivity index (χ1n) is 4.52. The molecular weight excluding hydrogens is 186 g/mol. The zero-order chi connectivity index (χ0) is 11.1. The molecule has 0 aromatic rings. The Kier molecular flexibility index (Phi) is 5.87. The van der Waals surface area contributed by atoms with Gasteiger partial charge in [-0.2, -0.15) is 0 Å². The third-order valence-corrected chi connectivity index (χ3v) is 1.90. The van der Waals surface area contributed by atoms with Gasteiger partial charge in [-0.3, -0.25) is 9.59 Å². The maximum atomic E-state index is 11.2. The van der Waals surface area contributed by atoms with E-state index in [0.29, 0.717) is 6.42 Å². The largest absolute Gasteiger partial charge is 0.481 e. The van der Waals surface area contributed by atoms with Crippen molar-refractivity contribution in [3.63, 3.8) is 0 Å². The molecular formula is C9H17NO4. The second-order valence-electron chi connectivity index (χ2n) is 3.22. The van der Waals surface area contributed by atoms with Crippen molar-refractivity contribution >= 4 is 11.9 Å². The normalized spacial score (nSPS) is 14.5. The summed E-state index contributed by atoms with van der Waals surface area (Å²) in [5.41, 5.74) is 0. The van der Waals surface area contributed by atoms with Gasteiger partial charge in [0.15, 0.2) is 0 Å². The maximum Gasteiger partial charge on any atom is 0.303 e. The molecule has 0 spiro atoms. The number of methoxy groups -OCH3 is 1. The Morgan fingerprint density at radius 3 is 2.43 bits per heavy atom. The molecule has 0 aliphatic carbocycles. The first-order chi connectivity index (χ1) is 6.47. The summed E-state index contributed by atoms with van der Waals surface area (Å²) in [6.45, 7) is 3.41. The van der Waals surface area contributed by atoms with Crippen molar-refractivity contribution in [2.45, 2.75) is 38.8 Å². The lowest BCUT2D eigenvalue weighted by Gasteiger charge is -2.15. The molecule has 0 aliphatic rings. The van der Waals surface area contributed by atoms with Crippen LogP contribution >= 0.6 is 0 Å². The molecule has 2 N–H and O–H groups in total. The summed E-state index contributed by atoms with van der Waals surface area (Å²) in [6, 6.07) is -0.142. The topological polar surface area (TPSA) is 75.6 Å². The SMILES string of the molecule is COC(C)C(=O)NC(C)CCC(=O)O. The van der Waals surface area contributed by atoms with Gasteiger partial charge in [-0.15, -0.1) is 0 Å². The fourth-order valence-electron chi connectivity index (χ4n) is 0.879. The number of ether oxygens (including phenoxy) is 1. The Hall–Kier alpha value is -1.10. The number of hydrogen-bond donors (Lipinski definition) is 2.